The van der Waals surface area contributed by atoms with Gasteiger partial charge in [-0.2, -0.15) is 0 Å². The summed E-state index contributed by atoms with van der Waals surface area (Å²) in [5.74, 6) is 0.679. The SMILES string of the molecule is Cc1cnc(OCc2ccccc2)cc1I. The third-order valence-corrected chi connectivity index (χ3v) is 3.40. The van der Waals surface area contributed by atoms with Gasteiger partial charge in [0.15, 0.2) is 0 Å². The van der Waals surface area contributed by atoms with E-state index in [9.17, 15) is 0 Å². The number of aromatic nitrogens is 1. The molecule has 16 heavy (non-hydrogen) atoms. The van der Waals surface area contributed by atoms with Crippen LogP contribution in [0, 0.1) is 10.5 Å². The molecule has 82 valence electrons. The Morgan fingerprint density at radius 2 is 2.00 bits per heavy atom. The van der Waals surface area contributed by atoms with E-state index in [2.05, 4.69) is 27.6 Å². The first-order valence-electron chi connectivity index (χ1n) is 5.04. The highest BCUT2D eigenvalue weighted by molar-refractivity contribution is 14.1. The number of rotatable bonds is 3. The van der Waals surface area contributed by atoms with Crippen molar-refractivity contribution >= 4 is 22.6 Å². The van der Waals surface area contributed by atoms with Crippen LogP contribution in [0.4, 0.5) is 0 Å². The summed E-state index contributed by atoms with van der Waals surface area (Å²) in [6, 6.07) is 12.0. The van der Waals surface area contributed by atoms with E-state index in [1.54, 1.807) is 0 Å². The van der Waals surface area contributed by atoms with Gasteiger partial charge in [0.25, 0.3) is 0 Å². The summed E-state index contributed by atoms with van der Waals surface area (Å²) in [5, 5.41) is 0. The van der Waals surface area contributed by atoms with Gasteiger partial charge in [-0.25, -0.2) is 4.98 Å². The van der Waals surface area contributed by atoms with Crippen LogP contribution in [-0.2, 0) is 6.61 Å². The van der Waals surface area contributed by atoms with E-state index in [0.29, 0.717) is 12.5 Å². The van der Waals surface area contributed by atoms with Crippen LogP contribution in [0.15, 0.2) is 42.6 Å². The van der Waals surface area contributed by atoms with Gasteiger partial charge in [-0.05, 0) is 40.6 Å². The summed E-state index contributed by atoms with van der Waals surface area (Å²) in [6.07, 6.45) is 1.84. The second-order valence-corrected chi connectivity index (χ2v) is 4.71. The van der Waals surface area contributed by atoms with Crippen molar-refractivity contribution in [2.75, 3.05) is 0 Å². The lowest BCUT2D eigenvalue weighted by molar-refractivity contribution is 0.293. The molecule has 0 aliphatic heterocycles. The molecule has 3 heteroatoms. The van der Waals surface area contributed by atoms with E-state index >= 15 is 0 Å². The quantitative estimate of drug-likeness (QED) is 0.805. The van der Waals surface area contributed by atoms with Gasteiger partial charge in [0.1, 0.15) is 6.61 Å². The number of hydrogen-bond donors (Lipinski definition) is 0. The molecule has 0 spiro atoms. The monoisotopic (exact) mass is 325 g/mol. The second kappa shape index (κ2) is 5.30. The predicted molar refractivity (Wildman–Crippen MR) is 72.5 cm³/mol. The van der Waals surface area contributed by atoms with Gasteiger partial charge in [-0.1, -0.05) is 30.3 Å². The molecule has 0 aliphatic carbocycles. The minimum atomic E-state index is 0.562. The molecule has 0 saturated carbocycles. The number of nitrogens with zero attached hydrogens (tertiary/aromatic N) is 1. The molecule has 0 bridgehead atoms. The van der Waals surface area contributed by atoms with Crippen molar-refractivity contribution in [3.63, 3.8) is 0 Å². The molecular formula is C13H12INO. The van der Waals surface area contributed by atoms with Crippen LogP contribution in [0.2, 0.25) is 0 Å². The van der Waals surface area contributed by atoms with Crippen LogP contribution in [0.25, 0.3) is 0 Å². The Hall–Kier alpha value is -1.10. The summed E-state index contributed by atoms with van der Waals surface area (Å²) in [4.78, 5) is 4.23. The van der Waals surface area contributed by atoms with Gasteiger partial charge in [-0.15, -0.1) is 0 Å². The Balaban J connectivity index is 2.03. The number of aryl methyl sites for hydroxylation is 1. The van der Waals surface area contributed by atoms with E-state index in [1.165, 1.54) is 9.13 Å². The zero-order chi connectivity index (χ0) is 11.4. The molecule has 0 atom stereocenters. The number of halogens is 1. The fourth-order valence-corrected chi connectivity index (χ4v) is 1.70. The molecule has 0 saturated heterocycles. The number of hydrogen-bond acceptors (Lipinski definition) is 2. The molecule has 1 aromatic carbocycles. The normalized spacial score (nSPS) is 10.1. The minimum absolute atomic E-state index is 0.562. The van der Waals surface area contributed by atoms with Crippen LogP contribution in [0.1, 0.15) is 11.1 Å². The van der Waals surface area contributed by atoms with Crippen molar-refractivity contribution in [1.29, 1.82) is 0 Å². The van der Waals surface area contributed by atoms with E-state index in [1.807, 2.05) is 49.5 Å². The Bertz CT molecular complexity index is 471. The van der Waals surface area contributed by atoms with Crippen LogP contribution < -0.4 is 4.74 Å². The van der Waals surface area contributed by atoms with Gasteiger partial charge < -0.3 is 4.74 Å². The van der Waals surface area contributed by atoms with Gasteiger partial charge in [-0.3, -0.25) is 0 Å². The van der Waals surface area contributed by atoms with Crippen LogP contribution in [0.5, 0.6) is 5.88 Å². The zero-order valence-corrected chi connectivity index (χ0v) is 11.1. The molecule has 0 amide bonds. The molecule has 1 aromatic heterocycles. The van der Waals surface area contributed by atoms with Crippen LogP contribution in [0.3, 0.4) is 0 Å². The van der Waals surface area contributed by atoms with Crippen molar-refractivity contribution in [1.82, 2.24) is 4.98 Å². The molecule has 0 N–H and O–H groups in total. The topological polar surface area (TPSA) is 22.1 Å². The summed E-state index contributed by atoms with van der Waals surface area (Å²) in [6.45, 7) is 2.60. The van der Waals surface area contributed by atoms with E-state index < -0.39 is 0 Å². The molecule has 1 heterocycles. The van der Waals surface area contributed by atoms with Crippen molar-refractivity contribution < 1.29 is 4.74 Å². The van der Waals surface area contributed by atoms with Crippen molar-refractivity contribution in [2.45, 2.75) is 13.5 Å². The predicted octanol–water partition coefficient (Wildman–Crippen LogP) is 3.57. The largest absolute Gasteiger partial charge is 0.473 e. The Labute approximate surface area is 109 Å². The third-order valence-electron chi connectivity index (χ3n) is 2.24. The number of benzene rings is 1. The van der Waals surface area contributed by atoms with Gasteiger partial charge in [0.2, 0.25) is 5.88 Å². The molecule has 2 aromatic rings. The Morgan fingerprint density at radius 3 is 2.69 bits per heavy atom. The van der Waals surface area contributed by atoms with E-state index in [0.717, 1.165) is 5.56 Å². The first-order valence-corrected chi connectivity index (χ1v) is 6.12. The van der Waals surface area contributed by atoms with Crippen molar-refractivity contribution in [3.05, 3.63) is 57.3 Å². The second-order valence-electron chi connectivity index (χ2n) is 3.55. The van der Waals surface area contributed by atoms with Crippen molar-refractivity contribution in [2.24, 2.45) is 0 Å². The summed E-state index contributed by atoms with van der Waals surface area (Å²) >= 11 is 2.28. The summed E-state index contributed by atoms with van der Waals surface area (Å²) in [7, 11) is 0. The first-order chi connectivity index (χ1) is 7.75. The third kappa shape index (κ3) is 2.95. The molecule has 0 radical (unpaired) electrons. The molecule has 0 aliphatic rings. The fraction of sp³-hybridized carbons (Fsp3) is 0.154. The van der Waals surface area contributed by atoms with E-state index in [4.69, 9.17) is 4.74 Å². The van der Waals surface area contributed by atoms with Gasteiger partial charge in [0, 0.05) is 15.8 Å². The lowest BCUT2D eigenvalue weighted by Crippen LogP contribution is -1.97. The summed E-state index contributed by atoms with van der Waals surface area (Å²) < 4.78 is 6.79. The van der Waals surface area contributed by atoms with E-state index in [-0.39, 0.29) is 0 Å². The standard InChI is InChI=1S/C13H12INO/c1-10-8-15-13(7-12(10)14)16-9-11-5-3-2-4-6-11/h2-8H,9H2,1H3. The highest BCUT2D eigenvalue weighted by atomic mass is 127. The maximum atomic E-state index is 5.61. The van der Waals surface area contributed by atoms with Crippen LogP contribution >= 0.6 is 22.6 Å². The maximum absolute atomic E-state index is 5.61. The average molecular weight is 325 g/mol. The molecule has 0 unspecified atom stereocenters. The average Bonchev–Trinajstić information content (AvgIpc) is 2.32. The number of ether oxygens (including phenoxy) is 1. The van der Waals surface area contributed by atoms with Crippen molar-refractivity contribution in [3.8, 4) is 5.88 Å². The fourth-order valence-electron chi connectivity index (χ4n) is 1.29. The lowest BCUT2D eigenvalue weighted by Gasteiger charge is -2.06. The molecule has 2 nitrogen and oxygen atoms in total. The minimum Gasteiger partial charge on any atom is -0.473 e. The van der Waals surface area contributed by atoms with Crippen LogP contribution in [-0.4, -0.2) is 4.98 Å². The zero-order valence-electron chi connectivity index (χ0n) is 8.98. The highest BCUT2D eigenvalue weighted by Crippen LogP contribution is 2.16. The molecule has 2 rings (SSSR count). The molecule has 0 fully saturated rings. The van der Waals surface area contributed by atoms with Gasteiger partial charge in [0.05, 0.1) is 0 Å². The highest BCUT2D eigenvalue weighted by Gasteiger charge is 2.00. The lowest BCUT2D eigenvalue weighted by atomic mass is 10.2. The number of pyridine rings is 1. The molecular weight excluding hydrogens is 313 g/mol. The van der Waals surface area contributed by atoms with Gasteiger partial charge >= 0.3 is 0 Å². The maximum Gasteiger partial charge on any atom is 0.214 e. The smallest absolute Gasteiger partial charge is 0.214 e. The Morgan fingerprint density at radius 1 is 1.25 bits per heavy atom. The Kier molecular flexibility index (Phi) is 3.77. The first kappa shape index (κ1) is 11.4. The summed E-state index contributed by atoms with van der Waals surface area (Å²) in [5.41, 5.74) is 2.33.